The fourth-order valence-corrected chi connectivity index (χ4v) is 3.74. The molecular formula is C22H31N5O2. The van der Waals surface area contributed by atoms with Gasteiger partial charge < -0.3 is 15.1 Å². The summed E-state index contributed by atoms with van der Waals surface area (Å²) in [5, 5.41) is 7.28. The molecule has 1 aromatic heterocycles. The monoisotopic (exact) mass is 397 g/mol. The van der Waals surface area contributed by atoms with E-state index in [0.29, 0.717) is 19.6 Å². The molecule has 3 amide bonds. The summed E-state index contributed by atoms with van der Waals surface area (Å²) in [5.41, 5.74) is 2.20. The van der Waals surface area contributed by atoms with Gasteiger partial charge in [-0.25, -0.2) is 9.48 Å². The van der Waals surface area contributed by atoms with Crippen molar-refractivity contribution in [3.63, 3.8) is 0 Å². The van der Waals surface area contributed by atoms with Crippen molar-refractivity contribution in [3.8, 4) is 5.69 Å². The minimum atomic E-state index is -0.00190. The second-order valence-corrected chi connectivity index (χ2v) is 7.37. The van der Waals surface area contributed by atoms with Crippen LogP contribution in [-0.4, -0.2) is 64.2 Å². The van der Waals surface area contributed by atoms with Gasteiger partial charge in [0.1, 0.15) is 0 Å². The Hall–Kier alpha value is -2.83. The first-order chi connectivity index (χ1) is 14.1. The summed E-state index contributed by atoms with van der Waals surface area (Å²) in [7, 11) is 0. The molecule has 156 valence electrons. The van der Waals surface area contributed by atoms with Crippen LogP contribution < -0.4 is 5.32 Å². The molecule has 1 N–H and O–H groups in total. The average molecular weight is 398 g/mol. The number of carbonyl (C=O) groups is 2. The van der Waals surface area contributed by atoms with Crippen molar-refractivity contribution in [2.45, 2.75) is 33.1 Å². The highest BCUT2D eigenvalue weighted by Gasteiger charge is 2.28. The number of piperidine rings is 1. The second-order valence-electron chi connectivity index (χ2n) is 7.37. The third-order valence-corrected chi connectivity index (χ3v) is 5.59. The van der Waals surface area contributed by atoms with E-state index < -0.39 is 0 Å². The largest absolute Gasteiger partial charge is 0.356 e. The molecule has 3 rings (SSSR count). The standard InChI is InChI=1S/C22H31N5O2/c1-3-25(4-2)22(29)26-16-11-19(12-17-26)21(28)23-14-10-18-6-8-20(9-7-18)27-15-5-13-24-27/h5-9,13,15,19H,3-4,10-12,14,16-17H2,1-2H3,(H,23,28). The highest BCUT2D eigenvalue weighted by molar-refractivity contribution is 5.79. The van der Waals surface area contributed by atoms with E-state index in [1.165, 1.54) is 5.56 Å². The first-order valence-electron chi connectivity index (χ1n) is 10.5. The first-order valence-corrected chi connectivity index (χ1v) is 10.5. The van der Waals surface area contributed by atoms with Crippen molar-refractivity contribution < 1.29 is 9.59 Å². The Labute approximate surface area is 172 Å². The summed E-state index contributed by atoms with van der Waals surface area (Å²) in [6, 6.07) is 10.2. The van der Waals surface area contributed by atoms with E-state index >= 15 is 0 Å². The third kappa shape index (κ3) is 5.37. The van der Waals surface area contributed by atoms with Gasteiger partial charge >= 0.3 is 6.03 Å². The lowest BCUT2D eigenvalue weighted by Crippen LogP contribution is -2.48. The molecule has 0 bridgehead atoms. The van der Waals surface area contributed by atoms with Gasteiger partial charge in [-0.2, -0.15) is 5.10 Å². The number of benzene rings is 1. The lowest BCUT2D eigenvalue weighted by molar-refractivity contribution is -0.126. The van der Waals surface area contributed by atoms with Crippen molar-refractivity contribution in [2.24, 2.45) is 5.92 Å². The van der Waals surface area contributed by atoms with Gasteiger partial charge in [-0.3, -0.25) is 4.79 Å². The average Bonchev–Trinajstić information content (AvgIpc) is 3.30. The number of carbonyl (C=O) groups excluding carboxylic acids is 2. The molecule has 2 heterocycles. The number of hydrogen-bond donors (Lipinski definition) is 1. The minimum Gasteiger partial charge on any atom is -0.356 e. The van der Waals surface area contributed by atoms with E-state index in [1.807, 2.05) is 52.7 Å². The van der Waals surface area contributed by atoms with Crippen LogP contribution in [0.4, 0.5) is 4.79 Å². The Morgan fingerprint density at radius 3 is 2.41 bits per heavy atom. The van der Waals surface area contributed by atoms with Crippen LogP contribution in [0.15, 0.2) is 42.7 Å². The molecule has 2 aromatic rings. The smallest absolute Gasteiger partial charge is 0.319 e. The number of rotatable bonds is 7. The molecule has 1 fully saturated rings. The zero-order chi connectivity index (χ0) is 20.6. The van der Waals surface area contributed by atoms with E-state index in [-0.39, 0.29) is 17.9 Å². The van der Waals surface area contributed by atoms with E-state index in [0.717, 1.165) is 38.0 Å². The maximum atomic E-state index is 12.5. The van der Waals surface area contributed by atoms with Crippen LogP contribution in [0.2, 0.25) is 0 Å². The van der Waals surface area contributed by atoms with E-state index in [1.54, 1.807) is 6.20 Å². The van der Waals surface area contributed by atoms with E-state index in [2.05, 4.69) is 22.5 Å². The van der Waals surface area contributed by atoms with Gasteiger partial charge in [0.25, 0.3) is 0 Å². The summed E-state index contributed by atoms with van der Waals surface area (Å²) in [6.07, 6.45) is 5.93. The zero-order valence-corrected chi connectivity index (χ0v) is 17.4. The van der Waals surface area contributed by atoms with Crippen LogP contribution in [0.5, 0.6) is 0 Å². The molecule has 0 aliphatic carbocycles. The fourth-order valence-electron chi connectivity index (χ4n) is 3.74. The Bertz CT molecular complexity index is 776. The zero-order valence-electron chi connectivity index (χ0n) is 17.4. The predicted octanol–water partition coefficient (Wildman–Crippen LogP) is 2.70. The normalized spacial score (nSPS) is 14.6. The van der Waals surface area contributed by atoms with Gasteiger partial charge in [0.05, 0.1) is 5.69 Å². The second kappa shape index (κ2) is 10.1. The molecule has 7 heteroatoms. The number of hydrogen-bond acceptors (Lipinski definition) is 3. The lowest BCUT2D eigenvalue weighted by atomic mass is 9.96. The van der Waals surface area contributed by atoms with Crippen molar-refractivity contribution in [1.82, 2.24) is 24.9 Å². The summed E-state index contributed by atoms with van der Waals surface area (Å²) < 4.78 is 1.82. The first kappa shape index (κ1) is 20.9. The molecule has 0 atom stereocenters. The number of urea groups is 1. The summed E-state index contributed by atoms with van der Waals surface area (Å²) in [5.74, 6) is 0.103. The van der Waals surface area contributed by atoms with Crippen molar-refractivity contribution in [1.29, 1.82) is 0 Å². The lowest BCUT2D eigenvalue weighted by Gasteiger charge is -2.34. The Kier molecular flexibility index (Phi) is 7.27. The summed E-state index contributed by atoms with van der Waals surface area (Å²) in [4.78, 5) is 28.6. The summed E-state index contributed by atoms with van der Waals surface area (Å²) >= 11 is 0. The molecule has 1 aliphatic rings. The van der Waals surface area contributed by atoms with Crippen LogP contribution in [-0.2, 0) is 11.2 Å². The molecular weight excluding hydrogens is 366 g/mol. The molecule has 1 aromatic carbocycles. The maximum absolute atomic E-state index is 12.5. The number of nitrogens with zero attached hydrogens (tertiary/aromatic N) is 4. The van der Waals surface area contributed by atoms with Crippen molar-refractivity contribution in [2.75, 3.05) is 32.7 Å². The topological polar surface area (TPSA) is 70.5 Å². The Morgan fingerprint density at radius 2 is 1.83 bits per heavy atom. The molecule has 29 heavy (non-hydrogen) atoms. The van der Waals surface area contributed by atoms with Crippen LogP contribution in [0.3, 0.4) is 0 Å². The predicted molar refractivity (Wildman–Crippen MR) is 113 cm³/mol. The highest BCUT2D eigenvalue weighted by atomic mass is 16.2. The SMILES string of the molecule is CCN(CC)C(=O)N1CCC(C(=O)NCCc2ccc(-n3cccn3)cc2)CC1. The van der Waals surface area contributed by atoms with Gasteiger partial charge in [0.15, 0.2) is 0 Å². The molecule has 1 saturated heterocycles. The Balaban J connectivity index is 1.40. The van der Waals surface area contributed by atoms with Gasteiger partial charge in [-0.05, 0) is 56.9 Å². The van der Waals surface area contributed by atoms with Gasteiger partial charge in [0.2, 0.25) is 5.91 Å². The molecule has 0 unspecified atom stereocenters. The Morgan fingerprint density at radius 1 is 1.14 bits per heavy atom. The van der Waals surface area contributed by atoms with Crippen molar-refractivity contribution >= 4 is 11.9 Å². The molecule has 7 nitrogen and oxygen atoms in total. The van der Waals surface area contributed by atoms with Gasteiger partial charge in [-0.1, -0.05) is 12.1 Å². The molecule has 1 aliphatic heterocycles. The number of amides is 3. The van der Waals surface area contributed by atoms with Crippen LogP contribution in [0.1, 0.15) is 32.3 Å². The van der Waals surface area contributed by atoms with E-state index in [9.17, 15) is 9.59 Å². The van der Waals surface area contributed by atoms with Crippen LogP contribution in [0, 0.1) is 5.92 Å². The van der Waals surface area contributed by atoms with Crippen LogP contribution in [0.25, 0.3) is 5.69 Å². The maximum Gasteiger partial charge on any atom is 0.319 e. The summed E-state index contributed by atoms with van der Waals surface area (Å²) in [6.45, 7) is 7.36. The van der Waals surface area contributed by atoms with E-state index in [4.69, 9.17) is 0 Å². The molecule has 0 radical (unpaired) electrons. The molecule has 0 spiro atoms. The van der Waals surface area contributed by atoms with Crippen LogP contribution >= 0.6 is 0 Å². The number of aromatic nitrogens is 2. The fraction of sp³-hybridized carbons (Fsp3) is 0.500. The van der Waals surface area contributed by atoms with Crippen molar-refractivity contribution in [3.05, 3.63) is 48.3 Å². The quantitative estimate of drug-likeness (QED) is 0.781. The van der Waals surface area contributed by atoms with Gasteiger partial charge in [0, 0.05) is 51.0 Å². The van der Waals surface area contributed by atoms with Gasteiger partial charge in [-0.15, -0.1) is 0 Å². The number of likely N-dealkylation sites (tertiary alicyclic amines) is 1. The molecule has 0 saturated carbocycles. The third-order valence-electron chi connectivity index (χ3n) is 5.59. The number of nitrogens with one attached hydrogen (secondary N) is 1. The highest BCUT2D eigenvalue weighted by Crippen LogP contribution is 2.18. The minimum absolute atomic E-state index is 0.00190.